The Hall–Kier alpha value is -1.93. The van der Waals surface area contributed by atoms with Crippen LogP contribution >= 0.6 is 0 Å². The number of hydrogen-bond acceptors (Lipinski definition) is 2. The molecule has 0 radical (unpaired) electrons. The van der Waals surface area contributed by atoms with Gasteiger partial charge in [0.15, 0.2) is 0 Å². The molecule has 0 unspecified atom stereocenters. The normalized spacial score (nSPS) is 15.8. The van der Waals surface area contributed by atoms with Crippen LogP contribution in [0.25, 0.3) is 0 Å². The zero-order valence-electron chi connectivity index (χ0n) is 11.5. The van der Waals surface area contributed by atoms with E-state index in [0.717, 1.165) is 31.8 Å². The summed E-state index contributed by atoms with van der Waals surface area (Å²) in [5.74, 6) is 0. The number of hydrogen-bond donors (Lipinski definition) is 0. The van der Waals surface area contributed by atoms with Gasteiger partial charge in [0.2, 0.25) is 0 Å². The predicted octanol–water partition coefficient (Wildman–Crippen LogP) is 3.70. The second-order valence-corrected chi connectivity index (χ2v) is 5.05. The van der Waals surface area contributed by atoms with Crippen molar-refractivity contribution in [3.63, 3.8) is 0 Å². The molecule has 0 bridgehead atoms. The lowest BCUT2D eigenvalue weighted by Gasteiger charge is -2.20. The minimum Gasteiger partial charge on any atom is -0.381 e. The first-order chi connectivity index (χ1) is 9.93. The molecule has 0 aromatic heterocycles. The largest absolute Gasteiger partial charge is 0.381 e. The Balaban J connectivity index is 1.97. The van der Waals surface area contributed by atoms with Crippen LogP contribution in [-0.4, -0.2) is 25.0 Å². The van der Waals surface area contributed by atoms with Crippen LogP contribution in [0.15, 0.2) is 65.7 Å². The number of benzene rings is 2. The van der Waals surface area contributed by atoms with Gasteiger partial charge in [-0.2, -0.15) is 0 Å². The number of ether oxygens (including phenoxy) is 1. The van der Waals surface area contributed by atoms with E-state index in [9.17, 15) is 0 Å². The number of rotatable bonds is 3. The van der Waals surface area contributed by atoms with Crippen molar-refractivity contribution in [1.29, 1.82) is 0 Å². The van der Waals surface area contributed by atoms with Gasteiger partial charge in [-0.05, 0) is 12.8 Å². The lowest BCUT2D eigenvalue weighted by atomic mass is 10.0. The highest BCUT2D eigenvalue weighted by molar-refractivity contribution is 6.12. The van der Waals surface area contributed by atoms with Crippen LogP contribution in [0.3, 0.4) is 0 Å². The molecule has 0 spiro atoms. The van der Waals surface area contributed by atoms with Crippen molar-refractivity contribution in [2.24, 2.45) is 4.99 Å². The molecule has 2 heteroatoms. The molecular formula is C18H19NO. The van der Waals surface area contributed by atoms with Crippen LogP contribution in [0.2, 0.25) is 0 Å². The minimum atomic E-state index is 0.374. The lowest BCUT2D eigenvalue weighted by molar-refractivity contribution is 0.0871. The van der Waals surface area contributed by atoms with Gasteiger partial charge in [-0.3, -0.25) is 4.99 Å². The molecule has 0 saturated carbocycles. The topological polar surface area (TPSA) is 21.6 Å². The van der Waals surface area contributed by atoms with Gasteiger partial charge >= 0.3 is 0 Å². The van der Waals surface area contributed by atoms with Gasteiger partial charge in [0.05, 0.1) is 11.8 Å². The van der Waals surface area contributed by atoms with E-state index in [0.29, 0.717) is 6.04 Å². The Bertz CT molecular complexity index is 515. The average Bonchev–Trinajstić information content (AvgIpc) is 2.55. The zero-order chi connectivity index (χ0) is 13.6. The van der Waals surface area contributed by atoms with Gasteiger partial charge in [-0.1, -0.05) is 60.7 Å². The highest BCUT2D eigenvalue weighted by Crippen LogP contribution is 2.16. The summed E-state index contributed by atoms with van der Waals surface area (Å²) in [5.41, 5.74) is 3.47. The number of aliphatic imine (C=N–C) groups is 1. The Morgan fingerprint density at radius 2 is 1.30 bits per heavy atom. The van der Waals surface area contributed by atoms with Gasteiger partial charge in [0, 0.05) is 24.3 Å². The summed E-state index contributed by atoms with van der Waals surface area (Å²) in [6.45, 7) is 1.65. The van der Waals surface area contributed by atoms with Crippen molar-refractivity contribution in [2.45, 2.75) is 18.9 Å². The molecule has 1 heterocycles. The molecule has 0 N–H and O–H groups in total. The third kappa shape index (κ3) is 3.14. The summed E-state index contributed by atoms with van der Waals surface area (Å²) >= 11 is 0. The van der Waals surface area contributed by atoms with Crippen molar-refractivity contribution < 1.29 is 4.74 Å². The standard InChI is InChI=1S/C18H19NO/c1-3-7-15(8-4-1)18(16-9-5-2-6-10-16)19-17-11-13-20-14-12-17/h1-10,17H,11-14H2. The maximum atomic E-state index is 5.42. The molecule has 3 rings (SSSR count). The highest BCUT2D eigenvalue weighted by Gasteiger charge is 2.15. The molecule has 0 atom stereocenters. The average molecular weight is 265 g/mol. The van der Waals surface area contributed by atoms with E-state index in [4.69, 9.17) is 9.73 Å². The fourth-order valence-electron chi connectivity index (χ4n) is 2.50. The Morgan fingerprint density at radius 3 is 1.80 bits per heavy atom. The van der Waals surface area contributed by atoms with Crippen LogP contribution in [-0.2, 0) is 4.74 Å². The van der Waals surface area contributed by atoms with E-state index in [2.05, 4.69) is 48.5 Å². The second kappa shape index (κ2) is 6.49. The van der Waals surface area contributed by atoms with E-state index < -0.39 is 0 Å². The van der Waals surface area contributed by atoms with Gasteiger partial charge in [0.25, 0.3) is 0 Å². The second-order valence-electron chi connectivity index (χ2n) is 5.05. The van der Waals surface area contributed by atoms with Crippen LogP contribution in [0.5, 0.6) is 0 Å². The van der Waals surface area contributed by atoms with Crippen molar-refractivity contribution in [3.8, 4) is 0 Å². The monoisotopic (exact) mass is 265 g/mol. The van der Waals surface area contributed by atoms with Crippen LogP contribution in [0.4, 0.5) is 0 Å². The van der Waals surface area contributed by atoms with Crippen molar-refractivity contribution in [2.75, 3.05) is 13.2 Å². The molecule has 2 aromatic rings. The molecule has 1 fully saturated rings. The molecule has 0 amide bonds. The van der Waals surface area contributed by atoms with Crippen molar-refractivity contribution >= 4 is 5.71 Å². The Labute approximate surface area is 120 Å². The van der Waals surface area contributed by atoms with Crippen LogP contribution in [0, 0.1) is 0 Å². The first kappa shape index (κ1) is 13.1. The molecule has 2 nitrogen and oxygen atoms in total. The SMILES string of the molecule is c1ccc(C(=NC2CCOCC2)c2ccccc2)cc1. The van der Waals surface area contributed by atoms with Gasteiger partial charge in [-0.15, -0.1) is 0 Å². The first-order valence-corrected chi connectivity index (χ1v) is 7.20. The smallest absolute Gasteiger partial charge is 0.0722 e. The minimum absolute atomic E-state index is 0.374. The van der Waals surface area contributed by atoms with Gasteiger partial charge in [-0.25, -0.2) is 0 Å². The summed E-state index contributed by atoms with van der Waals surface area (Å²) in [6.07, 6.45) is 2.03. The number of nitrogens with zero attached hydrogens (tertiary/aromatic N) is 1. The maximum absolute atomic E-state index is 5.42. The molecule has 20 heavy (non-hydrogen) atoms. The van der Waals surface area contributed by atoms with Crippen molar-refractivity contribution in [3.05, 3.63) is 71.8 Å². The first-order valence-electron chi connectivity index (χ1n) is 7.20. The van der Waals surface area contributed by atoms with E-state index >= 15 is 0 Å². The fourth-order valence-corrected chi connectivity index (χ4v) is 2.50. The molecule has 2 aromatic carbocycles. The summed E-state index contributed by atoms with van der Waals surface area (Å²) in [7, 11) is 0. The predicted molar refractivity (Wildman–Crippen MR) is 82.4 cm³/mol. The zero-order valence-corrected chi connectivity index (χ0v) is 11.5. The summed E-state index contributed by atoms with van der Waals surface area (Å²) in [4.78, 5) is 5.01. The lowest BCUT2D eigenvalue weighted by Crippen LogP contribution is -2.20. The quantitative estimate of drug-likeness (QED) is 0.775. The van der Waals surface area contributed by atoms with E-state index in [1.807, 2.05) is 12.1 Å². The van der Waals surface area contributed by atoms with E-state index in [-0.39, 0.29) is 0 Å². The third-order valence-electron chi connectivity index (χ3n) is 3.60. The third-order valence-corrected chi connectivity index (χ3v) is 3.60. The summed E-state index contributed by atoms with van der Waals surface area (Å²) in [6, 6.07) is 21.2. The molecule has 102 valence electrons. The van der Waals surface area contributed by atoms with E-state index in [1.165, 1.54) is 11.1 Å². The molecule has 0 aliphatic carbocycles. The van der Waals surface area contributed by atoms with Gasteiger partial charge in [0.1, 0.15) is 0 Å². The Kier molecular flexibility index (Phi) is 4.24. The van der Waals surface area contributed by atoms with E-state index in [1.54, 1.807) is 0 Å². The van der Waals surface area contributed by atoms with Crippen molar-refractivity contribution in [1.82, 2.24) is 0 Å². The molecular weight excluding hydrogens is 246 g/mol. The summed E-state index contributed by atoms with van der Waals surface area (Å²) < 4.78 is 5.42. The van der Waals surface area contributed by atoms with Gasteiger partial charge < -0.3 is 4.74 Å². The molecule has 1 aliphatic rings. The van der Waals surface area contributed by atoms with Crippen LogP contribution < -0.4 is 0 Å². The molecule has 1 aliphatic heterocycles. The van der Waals surface area contributed by atoms with Crippen LogP contribution in [0.1, 0.15) is 24.0 Å². The fraction of sp³-hybridized carbons (Fsp3) is 0.278. The Morgan fingerprint density at radius 1 is 0.800 bits per heavy atom. The maximum Gasteiger partial charge on any atom is 0.0722 e. The summed E-state index contributed by atoms with van der Waals surface area (Å²) in [5, 5.41) is 0. The highest BCUT2D eigenvalue weighted by atomic mass is 16.5. The molecule has 1 saturated heterocycles.